The van der Waals surface area contributed by atoms with E-state index in [4.69, 9.17) is 4.74 Å². The molecule has 1 amide bonds. The van der Waals surface area contributed by atoms with E-state index in [0.717, 1.165) is 12.8 Å². The molecule has 21 heavy (non-hydrogen) atoms. The molecule has 1 aliphatic rings. The minimum Gasteiger partial charge on any atom is -0.444 e. The molecule has 0 heterocycles. The van der Waals surface area contributed by atoms with Crippen LogP contribution in [0.2, 0.25) is 0 Å². The number of rotatable bonds is 4. The molecule has 3 unspecified atom stereocenters. The van der Waals surface area contributed by atoms with Gasteiger partial charge >= 0.3 is 6.09 Å². The standard InChI is InChI=1S/C17H34N2O2/c1-12(2)13(3)18-14-10-8-7-9-11-15(14)19-16(20)21-17(4,5)6/h12-15,18H,7-11H2,1-6H3,(H,19,20). The van der Waals surface area contributed by atoms with Gasteiger partial charge in [0.05, 0.1) is 0 Å². The summed E-state index contributed by atoms with van der Waals surface area (Å²) >= 11 is 0. The van der Waals surface area contributed by atoms with E-state index in [-0.39, 0.29) is 12.1 Å². The molecule has 2 N–H and O–H groups in total. The first-order chi connectivity index (χ1) is 9.69. The van der Waals surface area contributed by atoms with Crippen LogP contribution in [0.1, 0.15) is 73.6 Å². The zero-order valence-corrected chi connectivity index (χ0v) is 14.7. The van der Waals surface area contributed by atoms with E-state index in [1.807, 2.05) is 20.8 Å². The van der Waals surface area contributed by atoms with Crippen molar-refractivity contribution in [2.24, 2.45) is 5.92 Å². The number of ether oxygens (including phenoxy) is 1. The predicted molar refractivity (Wildman–Crippen MR) is 87.5 cm³/mol. The van der Waals surface area contributed by atoms with E-state index in [0.29, 0.717) is 18.0 Å². The Hall–Kier alpha value is -0.770. The average molecular weight is 298 g/mol. The van der Waals surface area contributed by atoms with E-state index in [2.05, 4.69) is 31.4 Å². The highest BCUT2D eigenvalue weighted by Crippen LogP contribution is 2.20. The lowest BCUT2D eigenvalue weighted by atomic mass is 9.99. The molecule has 1 fully saturated rings. The molecule has 1 saturated carbocycles. The van der Waals surface area contributed by atoms with Crippen molar-refractivity contribution in [3.05, 3.63) is 0 Å². The fraction of sp³-hybridized carbons (Fsp3) is 0.941. The van der Waals surface area contributed by atoms with Crippen molar-refractivity contribution in [1.29, 1.82) is 0 Å². The lowest BCUT2D eigenvalue weighted by molar-refractivity contribution is 0.0487. The van der Waals surface area contributed by atoms with Crippen LogP contribution in [0.4, 0.5) is 4.79 Å². The lowest BCUT2D eigenvalue weighted by Crippen LogP contribution is -2.53. The topological polar surface area (TPSA) is 50.4 Å². The number of hydrogen-bond acceptors (Lipinski definition) is 3. The molecule has 0 aromatic heterocycles. The quantitative estimate of drug-likeness (QED) is 0.775. The van der Waals surface area contributed by atoms with Crippen molar-refractivity contribution in [1.82, 2.24) is 10.6 Å². The maximum absolute atomic E-state index is 12.0. The average Bonchev–Trinajstić information content (AvgIpc) is 2.52. The second kappa shape index (κ2) is 8.02. The molecule has 4 heteroatoms. The summed E-state index contributed by atoms with van der Waals surface area (Å²) in [6, 6.07) is 0.969. The summed E-state index contributed by atoms with van der Waals surface area (Å²) in [5.41, 5.74) is -0.442. The van der Waals surface area contributed by atoms with Gasteiger partial charge in [-0.05, 0) is 46.5 Å². The van der Waals surface area contributed by atoms with Gasteiger partial charge in [0.2, 0.25) is 0 Å². The van der Waals surface area contributed by atoms with Gasteiger partial charge in [0.25, 0.3) is 0 Å². The zero-order valence-electron chi connectivity index (χ0n) is 14.7. The normalized spacial score (nSPS) is 25.3. The monoisotopic (exact) mass is 298 g/mol. The first-order valence-corrected chi connectivity index (χ1v) is 8.44. The van der Waals surface area contributed by atoms with Crippen LogP contribution < -0.4 is 10.6 Å². The van der Waals surface area contributed by atoms with Crippen LogP contribution in [0, 0.1) is 5.92 Å². The van der Waals surface area contributed by atoms with E-state index in [9.17, 15) is 4.79 Å². The Morgan fingerprint density at radius 2 is 1.62 bits per heavy atom. The highest BCUT2D eigenvalue weighted by atomic mass is 16.6. The van der Waals surface area contributed by atoms with Crippen molar-refractivity contribution >= 4 is 6.09 Å². The maximum atomic E-state index is 12.0. The molecule has 1 rings (SSSR count). The number of carbonyl (C=O) groups excluding carboxylic acids is 1. The molecule has 0 bridgehead atoms. The Bertz CT molecular complexity index is 323. The van der Waals surface area contributed by atoms with Gasteiger partial charge < -0.3 is 15.4 Å². The van der Waals surface area contributed by atoms with E-state index >= 15 is 0 Å². The van der Waals surface area contributed by atoms with Crippen LogP contribution in [0.15, 0.2) is 0 Å². The van der Waals surface area contributed by atoms with Crippen molar-refractivity contribution in [2.45, 2.75) is 97.4 Å². The summed E-state index contributed by atoms with van der Waals surface area (Å²) in [7, 11) is 0. The fourth-order valence-corrected chi connectivity index (χ4v) is 2.67. The van der Waals surface area contributed by atoms with Crippen molar-refractivity contribution in [3.63, 3.8) is 0 Å². The summed E-state index contributed by atoms with van der Waals surface area (Å²) < 4.78 is 5.40. The van der Waals surface area contributed by atoms with Crippen LogP contribution in [-0.2, 0) is 4.74 Å². The van der Waals surface area contributed by atoms with E-state index < -0.39 is 5.60 Å². The Morgan fingerprint density at radius 3 is 2.14 bits per heavy atom. The van der Waals surface area contributed by atoms with Crippen LogP contribution in [0.3, 0.4) is 0 Å². The van der Waals surface area contributed by atoms with Crippen LogP contribution >= 0.6 is 0 Å². The van der Waals surface area contributed by atoms with E-state index in [1.165, 1.54) is 19.3 Å². The van der Waals surface area contributed by atoms with Gasteiger partial charge in [-0.3, -0.25) is 0 Å². The third-order valence-electron chi connectivity index (χ3n) is 4.20. The Balaban J connectivity index is 2.62. The molecule has 0 aliphatic heterocycles. The second-order valence-corrected chi connectivity index (χ2v) is 7.70. The Labute approximate surface area is 130 Å². The Morgan fingerprint density at radius 1 is 1.05 bits per heavy atom. The van der Waals surface area contributed by atoms with Crippen molar-refractivity contribution in [3.8, 4) is 0 Å². The molecule has 124 valence electrons. The first-order valence-electron chi connectivity index (χ1n) is 8.44. The summed E-state index contributed by atoms with van der Waals surface area (Å²) in [5.74, 6) is 0.593. The maximum Gasteiger partial charge on any atom is 0.407 e. The third-order valence-corrected chi connectivity index (χ3v) is 4.20. The van der Waals surface area contributed by atoms with Gasteiger partial charge in [0.15, 0.2) is 0 Å². The predicted octanol–water partition coefficient (Wildman–Crippen LogP) is 3.85. The molecular formula is C17H34N2O2. The van der Waals surface area contributed by atoms with Crippen molar-refractivity contribution in [2.75, 3.05) is 0 Å². The fourth-order valence-electron chi connectivity index (χ4n) is 2.67. The molecule has 3 atom stereocenters. The highest BCUT2D eigenvalue weighted by Gasteiger charge is 2.28. The number of alkyl carbamates (subject to hydrolysis) is 1. The van der Waals surface area contributed by atoms with Crippen LogP contribution in [0.25, 0.3) is 0 Å². The smallest absolute Gasteiger partial charge is 0.407 e. The summed E-state index contributed by atoms with van der Waals surface area (Å²) in [5, 5.41) is 6.79. The molecule has 0 aromatic carbocycles. The highest BCUT2D eigenvalue weighted by molar-refractivity contribution is 5.68. The van der Waals surface area contributed by atoms with Gasteiger partial charge in [-0.25, -0.2) is 4.79 Å². The summed E-state index contributed by atoms with van der Waals surface area (Å²) in [4.78, 5) is 12.0. The SMILES string of the molecule is CC(C)C(C)NC1CCCCCC1NC(=O)OC(C)(C)C. The van der Waals surface area contributed by atoms with Crippen LogP contribution in [-0.4, -0.2) is 29.8 Å². The number of amides is 1. The minimum absolute atomic E-state index is 0.170. The summed E-state index contributed by atoms with van der Waals surface area (Å²) in [6.07, 6.45) is 5.52. The summed E-state index contributed by atoms with van der Waals surface area (Å²) in [6.45, 7) is 12.4. The van der Waals surface area contributed by atoms with Gasteiger partial charge in [-0.1, -0.05) is 33.1 Å². The number of carbonyl (C=O) groups is 1. The Kier molecular flexibility index (Phi) is 6.98. The minimum atomic E-state index is -0.442. The lowest BCUT2D eigenvalue weighted by Gasteiger charge is -2.32. The second-order valence-electron chi connectivity index (χ2n) is 7.70. The van der Waals surface area contributed by atoms with Gasteiger partial charge in [0.1, 0.15) is 5.60 Å². The number of nitrogens with one attached hydrogen (secondary N) is 2. The van der Waals surface area contributed by atoms with Gasteiger partial charge in [0, 0.05) is 18.1 Å². The van der Waals surface area contributed by atoms with Crippen LogP contribution in [0.5, 0.6) is 0 Å². The van der Waals surface area contributed by atoms with Gasteiger partial charge in [-0.2, -0.15) is 0 Å². The third kappa shape index (κ3) is 7.16. The van der Waals surface area contributed by atoms with Gasteiger partial charge in [-0.15, -0.1) is 0 Å². The zero-order chi connectivity index (χ0) is 16.0. The van der Waals surface area contributed by atoms with Crippen molar-refractivity contribution < 1.29 is 9.53 Å². The first kappa shape index (κ1) is 18.3. The molecule has 1 aliphatic carbocycles. The molecule has 0 radical (unpaired) electrons. The molecule has 0 spiro atoms. The largest absolute Gasteiger partial charge is 0.444 e. The molecule has 0 saturated heterocycles. The molecule has 0 aromatic rings. The molecule has 4 nitrogen and oxygen atoms in total. The number of hydrogen-bond donors (Lipinski definition) is 2. The molecular weight excluding hydrogens is 264 g/mol. The van der Waals surface area contributed by atoms with E-state index in [1.54, 1.807) is 0 Å².